The van der Waals surface area contributed by atoms with Gasteiger partial charge in [-0.1, -0.05) is 6.92 Å². The predicted octanol–water partition coefficient (Wildman–Crippen LogP) is 2.74. The van der Waals surface area contributed by atoms with Gasteiger partial charge >= 0.3 is 0 Å². The van der Waals surface area contributed by atoms with Crippen molar-refractivity contribution in [1.29, 1.82) is 0 Å². The highest BCUT2D eigenvalue weighted by Crippen LogP contribution is 2.53. The normalized spacial score (nSPS) is 40.8. The molecule has 0 spiro atoms. The molecule has 0 aromatic carbocycles. The van der Waals surface area contributed by atoms with Crippen molar-refractivity contribution in [2.45, 2.75) is 58.0 Å². The van der Waals surface area contributed by atoms with E-state index >= 15 is 0 Å². The fourth-order valence-corrected chi connectivity index (χ4v) is 4.87. The Morgan fingerprint density at radius 2 is 2.05 bits per heavy atom. The SMILES string of the molecule is CCC(=O)NCCC1CCC2CCC3OCCC3C12. The zero-order chi connectivity index (χ0) is 13.2. The van der Waals surface area contributed by atoms with Gasteiger partial charge in [-0.2, -0.15) is 0 Å². The van der Waals surface area contributed by atoms with Crippen molar-refractivity contribution < 1.29 is 9.53 Å². The Kier molecular flexibility index (Phi) is 4.11. The summed E-state index contributed by atoms with van der Waals surface area (Å²) >= 11 is 0. The van der Waals surface area contributed by atoms with Crippen LogP contribution in [0.3, 0.4) is 0 Å². The second-order valence-electron chi connectivity index (χ2n) is 6.61. The van der Waals surface area contributed by atoms with Gasteiger partial charge in [0.05, 0.1) is 6.10 Å². The number of nitrogens with one attached hydrogen (secondary N) is 1. The summed E-state index contributed by atoms with van der Waals surface area (Å²) in [6, 6.07) is 0. The summed E-state index contributed by atoms with van der Waals surface area (Å²) in [5.74, 6) is 3.69. The van der Waals surface area contributed by atoms with Crippen LogP contribution in [-0.4, -0.2) is 25.2 Å². The molecule has 3 nitrogen and oxygen atoms in total. The lowest BCUT2D eigenvalue weighted by molar-refractivity contribution is -0.120. The van der Waals surface area contributed by atoms with Crippen LogP contribution in [0.2, 0.25) is 0 Å². The molecule has 5 unspecified atom stereocenters. The Morgan fingerprint density at radius 1 is 1.21 bits per heavy atom. The molecule has 19 heavy (non-hydrogen) atoms. The molecule has 3 heteroatoms. The molecular weight excluding hydrogens is 238 g/mol. The standard InChI is InChI=1S/C16H27NO2/c1-2-15(18)17-9-7-12-4-3-11-5-6-14-13(16(11)12)8-10-19-14/h11-14,16H,2-10H2,1H3,(H,17,18). The second-order valence-corrected chi connectivity index (χ2v) is 6.61. The maximum atomic E-state index is 11.3. The first-order chi connectivity index (χ1) is 9.29. The van der Waals surface area contributed by atoms with E-state index in [1.54, 1.807) is 0 Å². The van der Waals surface area contributed by atoms with Crippen LogP contribution in [-0.2, 0) is 9.53 Å². The van der Waals surface area contributed by atoms with E-state index in [0.29, 0.717) is 12.5 Å². The summed E-state index contributed by atoms with van der Waals surface area (Å²) in [5.41, 5.74) is 0. The minimum Gasteiger partial charge on any atom is -0.378 e. The van der Waals surface area contributed by atoms with E-state index in [2.05, 4.69) is 5.32 Å². The highest BCUT2D eigenvalue weighted by molar-refractivity contribution is 5.75. The summed E-state index contributed by atoms with van der Waals surface area (Å²) in [7, 11) is 0. The van der Waals surface area contributed by atoms with Crippen molar-refractivity contribution in [1.82, 2.24) is 5.32 Å². The van der Waals surface area contributed by atoms with Gasteiger partial charge < -0.3 is 10.1 Å². The molecule has 1 aliphatic heterocycles. The lowest BCUT2D eigenvalue weighted by Crippen LogP contribution is -2.36. The first-order valence-electron chi connectivity index (χ1n) is 8.18. The molecular formula is C16H27NO2. The summed E-state index contributed by atoms with van der Waals surface area (Å²) in [6.45, 7) is 3.78. The Hall–Kier alpha value is -0.570. The number of hydrogen-bond donors (Lipinski definition) is 1. The van der Waals surface area contributed by atoms with Gasteiger partial charge in [0.2, 0.25) is 5.91 Å². The van der Waals surface area contributed by atoms with Crippen LogP contribution in [0.5, 0.6) is 0 Å². The molecule has 5 atom stereocenters. The highest BCUT2D eigenvalue weighted by Gasteiger charge is 2.48. The van der Waals surface area contributed by atoms with Crippen molar-refractivity contribution >= 4 is 5.91 Å². The lowest BCUT2D eigenvalue weighted by Gasteiger charge is -2.38. The number of hydrogen-bond acceptors (Lipinski definition) is 2. The van der Waals surface area contributed by atoms with Crippen LogP contribution in [0.4, 0.5) is 0 Å². The molecule has 1 saturated heterocycles. The van der Waals surface area contributed by atoms with Crippen LogP contribution < -0.4 is 5.32 Å². The minimum absolute atomic E-state index is 0.195. The van der Waals surface area contributed by atoms with Gasteiger partial charge in [-0.15, -0.1) is 0 Å². The first-order valence-corrected chi connectivity index (χ1v) is 8.18. The summed E-state index contributed by atoms with van der Waals surface area (Å²) < 4.78 is 5.90. The smallest absolute Gasteiger partial charge is 0.219 e. The maximum absolute atomic E-state index is 11.3. The molecule has 0 aromatic heterocycles. The van der Waals surface area contributed by atoms with E-state index < -0.39 is 0 Å². The van der Waals surface area contributed by atoms with Gasteiger partial charge in [0.1, 0.15) is 0 Å². The number of carbonyl (C=O) groups is 1. The van der Waals surface area contributed by atoms with E-state index in [4.69, 9.17) is 4.74 Å². The quantitative estimate of drug-likeness (QED) is 0.849. The highest BCUT2D eigenvalue weighted by atomic mass is 16.5. The number of carbonyl (C=O) groups excluding carboxylic acids is 1. The molecule has 1 heterocycles. The van der Waals surface area contributed by atoms with Gasteiger partial charge in [-0.05, 0) is 62.2 Å². The Labute approximate surface area is 116 Å². The number of fused-ring (bicyclic) bond motifs is 3. The number of amides is 1. The Morgan fingerprint density at radius 3 is 2.89 bits per heavy atom. The summed E-state index contributed by atoms with van der Waals surface area (Å²) in [5, 5.41) is 3.04. The average molecular weight is 265 g/mol. The Balaban J connectivity index is 1.55. The van der Waals surface area contributed by atoms with Crippen LogP contribution >= 0.6 is 0 Å². The maximum Gasteiger partial charge on any atom is 0.219 e. The topological polar surface area (TPSA) is 38.3 Å². The third-order valence-corrected chi connectivity index (χ3v) is 5.73. The van der Waals surface area contributed by atoms with E-state index in [-0.39, 0.29) is 5.91 Å². The Bertz CT molecular complexity index is 331. The molecule has 2 saturated carbocycles. The minimum atomic E-state index is 0.195. The van der Waals surface area contributed by atoms with E-state index in [1.165, 1.54) is 38.5 Å². The third-order valence-electron chi connectivity index (χ3n) is 5.73. The molecule has 1 amide bonds. The van der Waals surface area contributed by atoms with Crippen LogP contribution in [0.15, 0.2) is 0 Å². The molecule has 0 bridgehead atoms. The van der Waals surface area contributed by atoms with E-state index in [0.717, 1.165) is 36.8 Å². The van der Waals surface area contributed by atoms with Gasteiger partial charge in [0.15, 0.2) is 0 Å². The molecule has 2 aliphatic carbocycles. The van der Waals surface area contributed by atoms with Crippen molar-refractivity contribution in [3.05, 3.63) is 0 Å². The third kappa shape index (κ3) is 2.67. The predicted molar refractivity (Wildman–Crippen MR) is 74.7 cm³/mol. The summed E-state index contributed by atoms with van der Waals surface area (Å²) in [4.78, 5) is 11.3. The second kappa shape index (κ2) is 5.82. The van der Waals surface area contributed by atoms with Crippen molar-refractivity contribution in [2.24, 2.45) is 23.7 Å². The van der Waals surface area contributed by atoms with Gasteiger partial charge in [-0.3, -0.25) is 4.79 Å². The molecule has 3 aliphatic rings. The fraction of sp³-hybridized carbons (Fsp3) is 0.938. The molecule has 0 aromatic rings. The monoisotopic (exact) mass is 265 g/mol. The summed E-state index contributed by atoms with van der Waals surface area (Å²) in [6.07, 6.45) is 9.09. The number of rotatable bonds is 4. The van der Waals surface area contributed by atoms with Crippen molar-refractivity contribution in [3.8, 4) is 0 Å². The zero-order valence-corrected chi connectivity index (χ0v) is 12.1. The van der Waals surface area contributed by atoms with Crippen molar-refractivity contribution in [2.75, 3.05) is 13.2 Å². The fourth-order valence-electron chi connectivity index (χ4n) is 4.87. The molecule has 1 N–H and O–H groups in total. The van der Waals surface area contributed by atoms with E-state index in [1.807, 2.05) is 6.92 Å². The van der Waals surface area contributed by atoms with Gasteiger partial charge in [0.25, 0.3) is 0 Å². The van der Waals surface area contributed by atoms with Gasteiger partial charge in [0, 0.05) is 19.6 Å². The molecule has 0 radical (unpaired) electrons. The molecule has 3 fully saturated rings. The largest absolute Gasteiger partial charge is 0.378 e. The van der Waals surface area contributed by atoms with E-state index in [9.17, 15) is 4.79 Å². The molecule has 108 valence electrons. The van der Waals surface area contributed by atoms with Crippen LogP contribution in [0.25, 0.3) is 0 Å². The lowest BCUT2D eigenvalue weighted by atomic mass is 9.68. The van der Waals surface area contributed by atoms with Crippen molar-refractivity contribution in [3.63, 3.8) is 0 Å². The van der Waals surface area contributed by atoms with Crippen LogP contribution in [0, 0.1) is 23.7 Å². The number of ether oxygens (including phenoxy) is 1. The first kappa shape index (κ1) is 13.4. The van der Waals surface area contributed by atoms with Gasteiger partial charge in [-0.25, -0.2) is 0 Å². The molecule has 3 rings (SSSR count). The average Bonchev–Trinajstić information content (AvgIpc) is 3.03. The van der Waals surface area contributed by atoms with Crippen LogP contribution in [0.1, 0.15) is 51.9 Å². The zero-order valence-electron chi connectivity index (χ0n) is 12.1.